The molecule has 3 aromatic rings. The zero-order valence-corrected chi connectivity index (χ0v) is 15.6. The first kappa shape index (κ1) is 19.8. The number of carbonyl (C=O) groups excluding carboxylic acids is 1. The van der Waals surface area contributed by atoms with Crippen LogP contribution in [-0.4, -0.2) is 33.8 Å². The van der Waals surface area contributed by atoms with Crippen molar-refractivity contribution in [2.45, 2.75) is 6.61 Å². The van der Waals surface area contributed by atoms with Crippen LogP contribution in [0.4, 0.5) is 20.2 Å². The fraction of sp³-hybridized carbons (Fsp3) is 0.118. The molecule has 0 spiro atoms. The minimum atomic E-state index is -2.97. The molecule has 11 heteroatoms. The summed E-state index contributed by atoms with van der Waals surface area (Å²) in [6.07, 6.45) is 2.86. The minimum Gasteiger partial charge on any atom is -0.433 e. The second-order valence-electron chi connectivity index (χ2n) is 5.43. The van der Waals surface area contributed by atoms with Crippen molar-refractivity contribution in [3.05, 3.63) is 59.1 Å². The Morgan fingerprint density at radius 3 is 2.71 bits per heavy atom. The van der Waals surface area contributed by atoms with E-state index in [2.05, 4.69) is 25.5 Å². The van der Waals surface area contributed by atoms with Gasteiger partial charge in [-0.15, -0.1) is 0 Å². The number of ether oxygens (including phenoxy) is 1. The lowest BCUT2D eigenvalue weighted by Gasteiger charge is -2.13. The van der Waals surface area contributed by atoms with Gasteiger partial charge >= 0.3 is 6.61 Å². The van der Waals surface area contributed by atoms with Gasteiger partial charge in [0.2, 0.25) is 5.91 Å². The highest BCUT2D eigenvalue weighted by atomic mass is 35.5. The normalized spacial score (nSPS) is 10.8. The van der Waals surface area contributed by atoms with Gasteiger partial charge in [0.15, 0.2) is 0 Å². The maximum Gasteiger partial charge on any atom is 0.387 e. The van der Waals surface area contributed by atoms with Crippen molar-refractivity contribution in [2.24, 2.45) is 0 Å². The Balaban J connectivity index is 1.65. The zero-order valence-electron chi connectivity index (χ0n) is 14.1. The van der Waals surface area contributed by atoms with Crippen LogP contribution in [0.15, 0.2) is 49.1 Å². The summed E-state index contributed by atoms with van der Waals surface area (Å²) in [6.45, 7) is -3.08. The number of amides is 1. The van der Waals surface area contributed by atoms with E-state index in [1.165, 1.54) is 35.5 Å². The van der Waals surface area contributed by atoms with Gasteiger partial charge in [0.05, 0.1) is 22.9 Å². The van der Waals surface area contributed by atoms with Gasteiger partial charge in [0.25, 0.3) is 0 Å². The van der Waals surface area contributed by atoms with Gasteiger partial charge in [-0.1, -0.05) is 23.2 Å². The summed E-state index contributed by atoms with van der Waals surface area (Å²) in [5, 5.41) is 10.0. The van der Waals surface area contributed by atoms with E-state index in [1.807, 2.05) is 0 Å². The topological polar surface area (TPSA) is 81.1 Å². The quantitative estimate of drug-likeness (QED) is 0.589. The first-order valence-electron chi connectivity index (χ1n) is 7.85. The number of aromatic nitrogens is 3. The number of alkyl halides is 2. The molecule has 2 N–H and O–H groups in total. The maximum atomic E-state index is 12.3. The van der Waals surface area contributed by atoms with Crippen molar-refractivity contribution >= 4 is 40.5 Å². The summed E-state index contributed by atoms with van der Waals surface area (Å²) in [7, 11) is 0. The first-order valence-corrected chi connectivity index (χ1v) is 8.60. The van der Waals surface area contributed by atoms with Crippen LogP contribution in [0.2, 0.25) is 10.0 Å². The predicted molar refractivity (Wildman–Crippen MR) is 102 cm³/mol. The molecule has 7 nitrogen and oxygen atoms in total. The largest absolute Gasteiger partial charge is 0.433 e. The number of nitrogens with zero attached hydrogens (tertiary/aromatic N) is 3. The number of hydrogen-bond donors (Lipinski definition) is 2. The summed E-state index contributed by atoms with van der Waals surface area (Å²) < 4.78 is 30.3. The van der Waals surface area contributed by atoms with Crippen LogP contribution in [-0.2, 0) is 4.79 Å². The molecule has 0 fully saturated rings. The molecule has 1 amide bonds. The lowest BCUT2D eigenvalue weighted by Crippen LogP contribution is -2.22. The van der Waals surface area contributed by atoms with Crippen LogP contribution in [0.1, 0.15) is 0 Å². The van der Waals surface area contributed by atoms with Crippen LogP contribution in [0.5, 0.6) is 5.75 Å². The zero-order chi connectivity index (χ0) is 20.1. The lowest BCUT2D eigenvalue weighted by atomic mass is 10.2. The van der Waals surface area contributed by atoms with Crippen LogP contribution in [0, 0.1) is 0 Å². The highest BCUT2D eigenvalue weighted by Gasteiger charge is 2.12. The molecule has 0 saturated heterocycles. The summed E-state index contributed by atoms with van der Waals surface area (Å²) in [5.41, 5.74) is 1.50. The maximum absolute atomic E-state index is 12.3. The highest BCUT2D eigenvalue weighted by molar-refractivity contribution is 6.32. The fourth-order valence-electron chi connectivity index (χ4n) is 2.32. The van der Waals surface area contributed by atoms with Gasteiger partial charge in [-0.3, -0.25) is 4.79 Å². The van der Waals surface area contributed by atoms with Gasteiger partial charge in [-0.05, 0) is 36.4 Å². The van der Waals surface area contributed by atoms with Crippen molar-refractivity contribution in [1.82, 2.24) is 14.8 Å². The van der Waals surface area contributed by atoms with Crippen LogP contribution in [0.3, 0.4) is 0 Å². The minimum absolute atomic E-state index is 0.00554. The number of rotatable bonds is 7. The monoisotopic (exact) mass is 427 g/mol. The van der Waals surface area contributed by atoms with E-state index in [1.54, 1.807) is 18.2 Å². The van der Waals surface area contributed by atoms with Crippen molar-refractivity contribution in [1.29, 1.82) is 0 Å². The third-order valence-electron chi connectivity index (χ3n) is 3.50. The molecule has 0 bridgehead atoms. The molecule has 0 aliphatic heterocycles. The summed E-state index contributed by atoms with van der Waals surface area (Å²) >= 11 is 11.9. The SMILES string of the molecule is O=C(CNc1ccc(OC(F)F)c(Cl)c1)Nc1cc(Cl)ccc1-n1cncn1. The Hall–Kier alpha value is -2.91. The smallest absolute Gasteiger partial charge is 0.387 e. The molecular formula is C17H13Cl2F2N5O2. The van der Waals surface area contributed by atoms with Crippen molar-refractivity contribution in [3.63, 3.8) is 0 Å². The molecule has 1 aromatic heterocycles. The van der Waals surface area contributed by atoms with E-state index in [-0.39, 0.29) is 23.2 Å². The lowest BCUT2D eigenvalue weighted by molar-refractivity contribution is -0.114. The Bertz CT molecular complexity index is 970. The number of benzene rings is 2. The average Bonchev–Trinajstić information content (AvgIpc) is 3.16. The van der Waals surface area contributed by atoms with Gasteiger partial charge < -0.3 is 15.4 Å². The fourth-order valence-corrected chi connectivity index (χ4v) is 2.72. The standard InChI is InChI=1S/C17H13Cl2F2N5O2/c18-10-1-3-14(26-9-22-8-24-26)13(5-10)25-16(27)7-23-11-2-4-15(12(19)6-11)28-17(20)21/h1-6,8-9,17,23H,7H2,(H,25,27). The van der Waals surface area contributed by atoms with E-state index in [0.29, 0.717) is 22.1 Å². The Kier molecular flexibility index (Phi) is 6.27. The van der Waals surface area contributed by atoms with Crippen LogP contribution >= 0.6 is 23.2 Å². The van der Waals surface area contributed by atoms with Crippen LogP contribution in [0.25, 0.3) is 5.69 Å². The molecular weight excluding hydrogens is 415 g/mol. The molecule has 0 atom stereocenters. The predicted octanol–water partition coefficient (Wildman–Crippen LogP) is 4.23. The second kappa shape index (κ2) is 8.85. The summed E-state index contributed by atoms with van der Waals surface area (Å²) in [4.78, 5) is 16.2. The summed E-state index contributed by atoms with van der Waals surface area (Å²) in [5.74, 6) is -0.518. The molecule has 0 radical (unpaired) electrons. The molecule has 28 heavy (non-hydrogen) atoms. The van der Waals surface area contributed by atoms with E-state index < -0.39 is 6.61 Å². The van der Waals surface area contributed by atoms with Crippen LogP contribution < -0.4 is 15.4 Å². The van der Waals surface area contributed by atoms with E-state index in [0.717, 1.165) is 0 Å². The summed E-state index contributed by atoms with van der Waals surface area (Å²) in [6, 6.07) is 9.08. The van der Waals surface area contributed by atoms with Gasteiger partial charge in [-0.2, -0.15) is 13.9 Å². The molecule has 2 aromatic carbocycles. The molecule has 0 aliphatic carbocycles. The Morgan fingerprint density at radius 2 is 2.04 bits per heavy atom. The third-order valence-corrected chi connectivity index (χ3v) is 4.03. The molecule has 146 valence electrons. The van der Waals surface area contributed by atoms with Gasteiger partial charge in [-0.25, -0.2) is 9.67 Å². The number of halogens is 4. The number of nitrogens with one attached hydrogen (secondary N) is 2. The van der Waals surface area contributed by atoms with E-state index in [9.17, 15) is 13.6 Å². The molecule has 1 heterocycles. The third kappa shape index (κ3) is 5.08. The van der Waals surface area contributed by atoms with Crippen molar-refractivity contribution < 1.29 is 18.3 Å². The van der Waals surface area contributed by atoms with Gasteiger partial charge in [0.1, 0.15) is 18.4 Å². The Labute approximate surface area is 168 Å². The number of anilines is 2. The number of carbonyl (C=O) groups is 1. The van der Waals surface area contributed by atoms with Crippen molar-refractivity contribution in [2.75, 3.05) is 17.2 Å². The average molecular weight is 428 g/mol. The molecule has 0 saturated carbocycles. The van der Waals surface area contributed by atoms with E-state index >= 15 is 0 Å². The number of hydrogen-bond acceptors (Lipinski definition) is 5. The highest BCUT2D eigenvalue weighted by Crippen LogP contribution is 2.29. The Morgan fingerprint density at radius 1 is 1.21 bits per heavy atom. The van der Waals surface area contributed by atoms with Crippen molar-refractivity contribution in [3.8, 4) is 11.4 Å². The molecule has 0 unspecified atom stereocenters. The van der Waals surface area contributed by atoms with Gasteiger partial charge in [0, 0.05) is 10.7 Å². The molecule has 3 rings (SSSR count). The second-order valence-corrected chi connectivity index (χ2v) is 6.27. The van der Waals surface area contributed by atoms with E-state index in [4.69, 9.17) is 23.2 Å². The molecule has 0 aliphatic rings. The first-order chi connectivity index (χ1) is 13.4.